The lowest BCUT2D eigenvalue weighted by Crippen LogP contribution is -2.63. The normalized spacial score (nSPS) is 26.8. The lowest BCUT2D eigenvalue weighted by Gasteiger charge is -2.45. The van der Waals surface area contributed by atoms with Gasteiger partial charge in [0.15, 0.2) is 18.3 Å². The number of hydrogen-bond acceptors (Lipinski definition) is 15. The van der Waals surface area contributed by atoms with Gasteiger partial charge in [0.1, 0.15) is 12.7 Å². The average Bonchev–Trinajstić information content (AvgIpc) is 2.94. The molecule has 15 nitrogen and oxygen atoms in total. The fourth-order valence-corrected chi connectivity index (χ4v) is 4.61. The third kappa shape index (κ3) is 11.0. The van der Waals surface area contributed by atoms with Gasteiger partial charge < -0.3 is 42.6 Å². The van der Waals surface area contributed by atoms with E-state index >= 15 is 0 Å². The summed E-state index contributed by atoms with van der Waals surface area (Å²) >= 11 is 0. The lowest BCUT2D eigenvalue weighted by atomic mass is 9.86. The van der Waals surface area contributed by atoms with Crippen LogP contribution in [0.5, 0.6) is 0 Å². The average molecular weight is 641 g/mol. The highest BCUT2D eigenvalue weighted by Crippen LogP contribution is 2.37. The van der Waals surface area contributed by atoms with Crippen LogP contribution >= 0.6 is 0 Å². The maximum absolute atomic E-state index is 12.8. The van der Waals surface area contributed by atoms with Gasteiger partial charge in [-0.15, -0.1) is 6.58 Å². The van der Waals surface area contributed by atoms with E-state index in [0.29, 0.717) is 6.42 Å². The van der Waals surface area contributed by atoms with E-state index in [4.69, 9.17) is 42.6 Å². The highest BCUT2D eigenvalue weighted by Gasteiger charge is 2.54. The maximum atomic E-state index is 12.8. The second-order valence-electron chi connectivity index (χ2n) is 10.2. The smallest absolute Gasteiger partial charge is 0.337 e. The van der Waals surface area contributed by atoms with Crippen molar-refractivity contribution in [2.24, 2.45) is 5.92 Å². The summed E-state index contributed by atoms with van der Waals surface area (Å²) in [6.45, 7) is 11.2. The minimum atomic E-state index is -1.58. The lowest BCUT2D eigenvalue weighted by molar-refractivity contribution is -0.331. The molecule has 0 amide bonds. The van der Waals surface area contributed by atoms with Gasteiger partial charge in [0.2, 0.25) is 12.6 Å². The van der Waals surface area contributed by atoms with E-state index in [2.05, 4.69) is 6.58 Å². The number of allylic oxidation sites excluding steroid dienone is 1. The topological polar surface area (TPSA) is 185 Å². The van der Waals surface area contributed by atoms with Crippen molar-refractivity contribution in [2.45, 2.75) is 91.4 Å². The van der Waals surface area contributed by atoms with Crippen LogP contribution < -0.4 is 0 Å². The van der Waals surface area contributed by atoms with E-state index < -0.39 is 85.3 Å². The number of rotatable bonds is 13. The molecule has 2 aliphatic rings. The van der Waals surface area contributed by atoms with Crippen LogP contribution in [0.2, 0.25) is 0 Å². The van der Waals surface area contributed by atoms with Crippen molar-refractivity contribution in [2.75, 3.05) is 20.3 Å². The standard InChI is InChI=1S/C30H40O15/c1-9-20-21(12-24(35)38-11-10-15(2)3)22(28(36)37-8)13-40-29(20)45-30-27(43-19(7)34)26(42-18(6)33)25(41-17(5)32)23(44-30)14-39-16(4)31/h9,13,21,23,25-27,29-30H,2,10-12,14H2,1,3-8H3/b20-9+/t21-,23+,25+,26-,27+,29-,30-/m0/s1. The molecule has 2 rings (SSSR count). The molecule has 45 heavy (non-hydrogen) atoms. The Labute approximate surface area is 260 Å². The minimum absolute atomic E-state index is 0.00356. The molecule has 0 bridgehead atoms. The molecule has 0 N–H and O–H groups in total. The first-order chi connectivity index (χ1) is 21.2. The molecule has 7 atom stereocenters. The molecule has 0 saturated carbocycles. The van der Waals surface area contributed by atoms with E-state index in [1.165, 1.54) is 7.11 Å². The van der Waals surface area contributed by atoms with E-state index in [1.807, 2.05) is 0 Å². The Hall–Kier alpha value is -4.24. The zero-order valence-corrected chi connectivity index (χ0v) is 26.4. The van der Waals surface area contributed by atoms with Crippen LogP contribution in [0, 0.1) is 5.92 Å². The predicted molar refractivity (Wildman–Crippen MR) is 150 cm³/mol. The highest BCUT2D eigenvalue weighted by molar-refractivity contribution is 5.90. The third-order valence-electron chi connectivity index (χ3n) is 6.49. The van der Waals surface area contributed by atoms with Crippen molar-refractivity contribution in [1.82, 2.24) is 0 Å². The Morgan fingerprint density at radius 2 is 1.47 bits per heavy atom. The molecule has 0 aromatic rings. The van der Waals surface area contributed by atoms with Crippen LogP contribution in [-0.2, 0) is 71.4 Å². The van der Waals surface area contributed by atoms with Gasteiger partial charge in [-0.2, -0.15) is 0 Å². The Morgan fingerprint density at radius 3 is 2.00 bits per heavy atom. The van der Waals surface area contributed by atoms with Crippen molar-refractivity contribution in [3.63, 3.8) is 0 Å². The van der Waals surface area contributed by atoms with Gasteiger partial charge in [-0.25, -0.2) is 4.79 Å². The Balaban J connectivity index is 2.51. The Bertz CT molecular complexity index is 1200. The van der Waals surface area contributed by atoms with E-state index in [1.54, 1.807) is 19.9 Å². The summed E-state index contributed by atoms with van der Waals surface area (Å²) in [7, 11) is 1.17. The van der Waals surface area contributed by atoms with Crippen LogP contribution in [0.4, 0.5) is 0 Å². The first-order valence-electron chi connectivity index (χ1n) is 14.0. The largest absolute Gasteiger partial charge is 0.468 e. The summed E-state index contributed by atoms with van der Waals surface area (Å²) in [4.78, 5) is 73.3. The second kappa shape index (κ2) is 17.3. The predicted octanol–water partition coefficient (Wildman–Crippen LogP) is 1.96. The van der Waals surface area contributed by atoms with Crippen LogP contribution in [0.1, 0.15) is 54.4 Å². The summed E-state index contributed by atoms with van der Waals surface area (Å²) in [5.41, 5.74) is 1.10. The molecule has 2 aliphatic heterocycles. The SMILES string of the molecule is C=C(C)CCOC(=O)C[C@@H]1C(C(=O)OC)=CO[C@@H](O[C@@H]2O[C@H](COC(C)=O)[C@@H](OC(C)=O)[C@H](OC(C)=O)[C@H]2OC(C)=O)/C1=C/C. The van der Waals surface area contributed by atoms with Crippen LogP contribution in [0.3, 0.4) is 0 Å². The zero-order chi connectivity index (χ0) is 33.8. The molecule has 1 saturated heterocycles. The second-order valence-corrected chi connectivity index (χ2v) is 10.2. The number of carbonyl (C=O) groups excluding carboxylic acids is 6. The van der Waals surface area contributed by atoms with E-state index in [-0.39, 0.29) is 24.2 Å². The minimum Gasteiger partial charge on any atom is -0.468 e. The van der Waals surface area contributed by atoms with Crippen LogP contribution in [-0.4, -0.2) is 93.1 Å². The van der Waals surface area contributed by atoms with Crippen LogP contribution in [0.25, 0.3) is 0 Å². The fourth-order valence-electron chi connectivity index (χ4n) is 4.61. The van der Waals surface area contributed by atoms with Gasteiger partial charge in [-0.3, -0.25) is 24.0 Å². The highest BCUT2D eigenvalue weighted by atomic mass is 16.8. The molecule has 0 spiro atoms. The van der Waals surface area contributed by atoms with Crippen molar-refractivity contribution >= 4 is 35.8 Å². The van der Waals surface area contributed by atoms with E-state index in [9.17, 15) is 28.8 Å². The molecule has 0 aromatic carbocycles. The van der Waals surface area contributed by atoms with Crippen molar-refractivity contribution in [1.29, 1.82) is 0 Å². The van der Waals surface area contributed by atoms with Crippen molar-refractivity contribution < 1.29 is 71.4 Å². The first kappa shape index (κ1) is 36.9. The summed E-state index contributed by atoms with van der Waals surface area (Å²) < 4.78 is 49.3. The molecule has 1 fully saturated rings. The van der Waals surface area contributed by atoms with E-state index in [0.717, 1.165) is 39.5 Å². The maximum Gasteiger partial charge on any atom is 0.337 e. The number of methoxy groups -OCH3 is 1. The molecule has 2 heterocycles. The molecule has 15 heteroatoms. The summed E-state index contributed by atoms with van der Waals surface area (Å²) in [5.74, 6) is -5.44. The number of ether oxygens (including phenoxy) is 9. The first-order valence-corrected chi connectivity index (χ1v) is 14.0. The van der Waals surface area contributed by atoms with Crippen molar-refractivity contribution in [3.05, 3.63) is 35.6 Å². The monoisotopic (exact) mass is 640 g/mol. The van der Waals surface area contributed by atoms with Gasteiger partial charge in [0, 0.05) is 45.6 Å². The number of carbonyl (C=O) groups is 6. The molecule has 0 radical (unpaired) electrons. The van der Waals surface area contributed by atoms with Crippen LogP contribution in [0.15, 0.2) is 35.6 Å². The molecular formula is C30H40O15. The van der Waals surface area contributed by atoms with Gasteiger partial charge >= 0.3 is 35.8 Å². The number of esters is 6. The van der Waals surface area contributed by atoms with Gasteiger partial charge in [-0.05, 0) is 13.8 Å². The Kier molecular flexibility index (Phi) is 14.2. The molecule has 0 aromatic heterocycles. The summed E-state index contributed by atoms with van der Waals surface area (Å²) in [6.07, 6.45) is -5.82. The quantitative estimate of drug-likeness (QED) is 0.161. The van der Waals surface area contributed by atoms with Gasteiger partial charge in [0.25, 0.3) is 0 Å². The number of hydrogen-bond donors (Lipinski definition) is 0. The Morgan fingerprint density at radius 1 is 0.867 bits per heavy atom. The third-order valence-corrected chi connectivity index (χ3v) is 6.49. The molecule has 0 aliphatic carbocycles. The summed E-state index contributed by atoms with van der Waals surface area (Å²) in [5, 5.41) is 0. The van der Waals surface area contributed by atoms with Gasteiger partial charge in [-0.1, -0.05) is 11.6 Å². The van der Waals surface area contributed by atoms with Gasteiger partial charge in [0.05, 0.1) is 32.0 Å². The molecular weight excluding hydrogens is 600 g/mol. The molecule has 250 valence electrons. The fraction of sp³-hybridized carbons (Fsp3) is 0.600. The van der Waals surface area contributed by atoms with Crippen molar-refractivity contribution in [3.8, 4) is 0 Å². The molecule has 0 unspecified atom stereocenters. The zero-order valence-electron chi connectivity index (χ0n) is 26.4. The summed E-state index contributed by atoms with van der Waals surface area (Å²) in [6, 6.07) is 0.